The van der Waals surface area contributed by atoms with Crippen molar-refractivity contribution in [3.8, 4) is 0 Å². The van der Waals surface area contributed by atoms with E-state index in [1.165, 1.54) is 0 Å². The number of anilines is 1. The maximum atomic E-state index is 12.1. The number of carbonyl (C=O) groups excluding carboxylic acids is 1. The molecule has 0 spiro atoms. The van der Waals surface area contributed by atoms with Gasteiger partial charge in [-0.1, -0.05) is 0 Å². The van der Waals surface area contributed by atoms with E-state index in [0.29, 0.717) is 0 Å². The number of nitrogens with one attached hydrogen (secondary N) is 1. The van der Waals surface area contributed by atoms with E-state index >= 15 is 0 Å². The first-order chi connectivity index (χ1) is 6.88. The van der Waals surface area contributed by atoms with E-state index in [1.807, 2.05) is 25.3 Å². The largest absolute Gasteiger partial charge is 0.307 e. The Morgan fingerprint density at radius 1 is 1.60 bits per heavy atom. The van der Waals surface area contributed by atoms with Crippen molar-refractivity contribution in [3.63, 3.8) is 0 Å². The van der Waals surface area contributed by atoms with Gasteiger partial charge in [-0.15, -0.1) is 11.3 Å². The molecule has 3 nitrogen and oxygen atoms in total. The fourth-order valence-electron chi connectivity index (χ4n) is 1.10. The lowest BCUT2D eigenvalue weighted by atomic mass is 10.0. The molecule has 1 heterocycles. The smallest absolute Gasteiger partial charge is 0.247 e. The Balaban J connectivity index is 2.86. The molecular weight excluding hydrogens is 276 g/mol. The predicted molar refractivity (Wildman–Crippen MR) is 68.6 cm³/mol. The van der Waals surface area contributed by atoms with Crippen LogP contribution >= 0.6 is 27.3 Å². The van der Waals surface area contributed by atoms with Gasteiger partial charge in [0.2, 0.25) is 5.91 Å². The van der Waals surface area contributed by atoms with Gasteiger partial charge in [-0.3, -0.25) is 4.79 Å². The second-order valence-corrected chi connectivity index (χ2v) is 5.65. The summed E-state index contributed by atoms with van der Waals surface area (Å²) in [6.07, 6.45) is 0. The van der Waals surface area contributed by atoms with Gasteiger partial charge in [0.15, 0.2) is 0 Å². The number of rotatable bonds is 3. The molecule has 0 atom stereocenters. The van der Waals surface area contributed by atoms with Crippen molar-refractivity contribution in [1.82, 2.24) is 5.32 Å². The van der Waals surface area contributed by atoms with Crippen LogP contribution in [-0.2, 0) is 4.79 Å². The number of nitrogens with zero attached hydrogens (tertiary/aromatic N) is 1. The summed E-state index contributed by atoms with van der Waals surface area (Å²) in [4.78, 5) is 13.7. The van der Waals surface area contributed by atoms with E-state index in [4.69, 9.17) is 0 Å². The highest BCUT2D eigenvalue weighted by atomic mass is 79.9. The second kappa shape index (κ2) is 4.63. The number of carbonyl (C=O) groups is 1. The van der Waals surface area contributed by atoms with Gasteiger partial charge in [-0.25, -0.2) is 0 Å². The fourth-order valence-corrected chi connectivity index (χ4v) is 2.49. The van der Waals surface area contributed by atoms with Gasteiger partial charge >= 0.3 is 0 Å². The summed E-state index contributed by atoms with van der Waals surface area (Å²) in [6, 6.07) is 1.94. The number of amides is 1. The molecule has 1 aromatic heterocycles. The summed E-state index contributed by atoms with van der Waals surface area (Å²) in [5, 5.41) is 5.90. The lowest BCUT2D eigenvalue weighted by Gasteiger charge is -2.28. The van der Waals surface area contributed by atoms with Gasteiger partial charge in [0.1, 0.15) is 0 Å². The van der Waals surface area contributed by atoms with Crippen LogP contribution < -0.4 is 10.2 Å². The highest BCUT2D eigenvalue weighted by molar-refractivity contribution is 9.10. The van der Waals surface area contributed by atoms with Crippen LogP contribution in [0.2, 0.25) is 0 Å². The van der Waals surface area contributed by atoms with E-state index < -0.39 is 5.54 Å². The Hall–Kier alpha value is -0.390. The predicted octanol–water partition coefficient (Wildman–Crippen LogP) is 2.47. The number of halogens is 1. The molecule has 0 aliphatic heterocycles. The molecule has 0 aromatic carbocycles. The molecule has 1 aromatic rings. The van der Waals surface area contributed by atoms with E-state index in [9.17, 15) is 4.79 Å². The van der Waals surface area contributed by atoms with Crippen molar-refractivity contribution in [2.75, 3.05) is 19.0 Å². The minimum absolute atomic E-state index is 0.0550. The normalized spacial score (nSPS) is 11.5. The average molecular weight is 291 g/mol. The molecule has 0 saturated heterocycles. The maximum Gasteiger partial charge on any atom is 0.247 e. The zero-order valence-corrected chi connectivity index (χ0v) is 11.7. The molecule has 0 aliphatic carbocycles. The monoisotopic (exact) mass is 290 g/mol. The third-order valence-electron chi connectivity index (χ3n) is 2.35. The van der Waals surface area contributed by atoms with Gasteiger partial charge in [-0.05, 0) is 42.9 Å². The van der Waals surface area contributed by atoms with E-state index in [0.717, 1.165) is 9.47 Å². The van der Waals surface area contributed by atoms with Crippen molar-refractivity contribution in [2.45, 2.75) is 19.4 Å². The first-order valence-electron chi connectivity index (χ1n) is 4.59. The Kier molecular flexibility index (Phi) is 3.92. The molecule has 1 N–H and O–H groups in total. The van der Waals surface area contributed by atoms with E-state index in [1.54, 1.807) is 30.3 Å². The van der Waals surface area contributed by atoms with Crippen LogP contribution in [0.15, 0.2) is 15.9 Å². The van der Waals surface area contributed by atoms with Crippen LogP contribution in [0, 0.1) is 0 Å². The van der Waals surface area contributed by atoms with Gasteiger partial charge in [-0.2, -0.15) is 0 Å². The van der Waals surface area contributed by atoms with Crippen LogP contribution in [0.3, 0.4) is 0 Å². The lowest BCUT2D eigenvalue weighted by Crippen LogP contribution is -2.51. The molecule has 0 unspecified atom stereocenters. The van der Waals surface area contributed by atoms with Crippen molar-refractivity contribution in [3.05, 3.63) is 15.9 Å². The molecule has 0 radical (unpaired) electrons. The lowest BCUT2D eigenvalue weighted by molar-refractivity contribution is -0.123. The number of likely N-dealkylation sites (N-methyl/N-ethyl adjacent to an activating group) is 2. The topological polar surface area (TPSA) is 32.3 Å². The van der Waals surface area contributed by atoms with E-state index in [-0.39, 0.29) is 5.91 Å². The number of thiophene rings is 1. The van der Waals surface area contributed by atoms with Crippen LogP contribution in [0.1, 0.15) is 13.8 Å². The zero-order chi connectivity index (χ0) is 11.6. The summed E-state index contributed by atoms with van der Waals surface area (Å²) in [7, 11) is 3.58. The standard InChI is InChI=1S/C10H15BrN2OS/c1-10(2,12-3)9(14)13(4)8-5-7(11)6-15-8/h5-6,12H,1-4H3. The first-order valence-corrected chi connectivity index (χ1v) is 6.27. The summed E-state index contributed by atoms with van der Waals surface area (Å²) in [6.45, 7) is 3.74. The fraction of sp³-hybridized carbons (Fsp3) is 0.500. The quantitative estimate of drug-likeness (QED) is 0.928. The van der Waals surface area contributed by atoms with Gasteiger partial charge in [0.25, 0.3) is 0 Å². The highest BCUT2D eigenvalue weighted by Crippen LogP contribution is 2.28. The third-order valence-corrected chi connectivity index (χ3v) is 4.11. The molecule has 0 bridgehead atoms. The molecule has 5 heteroatoms. The minimum atomic E-state index is -0.536. The minimum Gasteiger partial charge on any atom is -0.307 e. The SMILES string of the molecule is CNC(C)(C)C(=O)N(C)c1cc(Br)cs1. The Bertz CT molecular complexity index is 362. The molecular formula is C10H15BrN2OS. The Morgan fingerprint density at radius 2 is 2.20 bits per heavy atom. The van der Waals surface area contributed by atoms with Crippen molar-refractivity contribution < 1.29 is 4.79 Å². The van der Waals surface area contributed by atoms with Gasteiger partial charge in [0.05, 0.1) is 10.5 Å². The summed E-state index contributed by atoms with van der Waals surface area (Å²) >= 11 is 4.92. The summed E-state index contributed by atoms with van der Waals surface area (Å²) < 4.78 is 1.00. The average Bonchev–Trinajstić information content (AvgIpc) is 2.62. The highest BCUT2D eigenvalue weighted by Gasteiger charge is 2.29. The number of hydrogen-bond acceptors (Lipinski definition) is 3. The molecule has 1 amide bonds. The first kappa shape index (κ1) is 12.7. The molecule has 15 heavy (non-hydrogen) atoms. The Morgan fingerprint density at radius 3 is 2.60 bits per heavy atom. The molecule has 1 rings (SSSR count). The number of hydrogen-bond donors (Lipinski definition) is 1. The Labute approximate surface area is 103 Å². The maximum absolute atomic E-state index is 12.1. The molecule has 0 aliphatic rings. The van der Waals surface area contributed by atoms with Crippen LogP contribution in [-0.4, -0.2) is 25.5 Å². The van der Waals surface area contributed by atoms with Crippen LogP contribution in [0.25, 0.3) is 0 Å². The zero-order valence-electron chi connectivity index (χ0n) is 9.30. The van der Waals surface area contributed by atoms with Crippen LogP contribution in [0.4, 0.5) is 5.00 Å². The van der Waals surface area contributed by atoms with Crippen molar-refractivity contribution in [1.29, 1.82) is 0 Å². The van der Waals surface area contributed by atoms with Gasteiger partial charge < -0.3 is 10.2 Å². The van der Waals surface area contributed by atoms with Crippen molar-refractivity contribution >= 4 is 38.2 Å². The molecule has 84 valence electrons. The van der Waals surface area contributed by atoms with E-state index in [2.05, 4.69) is 21.2 Å². The third kappa shape index (κ3) is 2.80. The second-order valence-electron chi connectivity index (χ2n) is 3.84. The van der Waals surface area contributed by atoms with Gasteiger partial charge in [0, 0.05) is 16.9 Å². The van der Waals surface area contributed by atoms with Crippen LogP contribution in [0.5, 0.6) is 0 Å². The molecule has 0 fully saturated rings. The summed E-state index contributed by atoms with van der Waals surface area (Å²) in [5.41, 5.74) is -0.536. The molecule has 0 saturated carbocycles. The van der Waals surface area contributed by atoms with Crippen molar-refractivity contribution in [2.24, 2.45) is 0 Å². The summed E-state index contributed by atoms with van der Waals surface area (Å²) in [5.74, 6) is 0.0550.